The molecular weight excluding hydrogens is 551 g/mol. The Bertz CT molecular complexity index is 1680. The number of pyridine rings is 1. The van der Waals surface area contributed by atoms with Gasteiger partial charge in [0.25, 0.3) is 5.91 Å². The van der Waals surface area contributed by atoms with E-state index in [4.69, 9.17) is 15.5 Å². The molecule has 218 valence electrons. The van der Waals surface area contributed by atoms with E-state index >= 15 is 0 Å². The van der Waals surface area contributed by atoms with Crippen molar-refractivity contribution in [1.29, 1.82) is 0 Å². The van der Waals surface area contributed by atoms with Crippen LogP contribution in [0.2, 0.25) is 0 Å². The summed E-state index contributed by atoms with van der Waals surface area (Å²) in [6, 6.07) is 7.94. The lowest BCUT2D eigenvalue weighted by Crippen LogP contribution is -2.50. The first kappa shape index (κ1) is 27.6. The van der Waals surface area contributed by atoms with E-state index in [2.05, 4.69) is 15.3 Å². The summed E-state index contributed by atoms with van der Waals surface area (Å²) in [7, 11) is 0. The number of amides is 2. The number of nitrogens with zero attached hydrogens (tertiary/aromatic N) is 5. The first-order chi connectivity index (χ1) is 19.9. The maximum atomic E-state index is 13.2. The number of halogens is 3. The summed E-state index contributed by atoms with van der Waals surface area (Å²) in [5.74, 6) is 0.0968. The number of hydrogen-bond acceptors (Lipinski definition) is 7. The molecule has 2 amide bonds. The second-order valence-electron chi connectivity index (χ2n) is 11.0. The molecule has 0 bridgehead atoms. The lowest BCUT2D eigenvalue weighted by atomic mass is 10.1. The van der Waals surface area contributed by atoms with E-state index in [0.29, 0.717) is 35.8 Å². The van der Waals surface area contributed by atoms with E-state index in [1.165, 1.54) is 12.1 Å². The van der Waals surface area contributed by atoms with Gasteiger partial charge in [-0.25, -0.2) is 15.0 Å². The largest absolute Gasteiger partial charge is 0.416 e. The van der Waals surface area contributed by atoms with Crippen molar-refractivity contribution < 1.29 is 27.5 Å². The third-order valence-corrected chi connectivity index (χ3v) is 7.86. The minimum atomic E-state index is -4.56. The molecule has 0 spiro atoms. The lowest BCUT2D eigenvalue weighted by molar-refractivity contribution is -0.150. The van der Waals surface area contributed by atoms with E-state index in [-0.39, 0.29) is 34.6 Å². The third-order valence-electron chi connectivity index (χ3n) is 7.86. The molecule has 4 heterocycles. The number of carbonyl (C=O) groups excluding carboxylic acids is 2. The summed E-state index contributed by atoms with van der Waals surface area (Å²) in [6.07, 6.45) is 0.980. The first-order valence-electron chi connectivity index (χ1n) is 13.4. The molecule has 4 aromatic rings. The van der Waals surface area contributed by atoms with Gasteiger partial charge in [0, 0.05) is 35.1 Å². The highest BCUT2D eigenvalue weighted by molar-refractivity contribution is 6.04. The molecule has 1 saturated heterocycles. The molecule has 2 atom stereocenters. The fourth-order valence-corrected chi connectivity index (χ4v) is 5.10. The molecule has 2 fully saturated rings. The highest BCUT2D eigenvalue weighted by atomic mass is 19.4. The average molecular weight is 580 g/mol. The van der Waals surface area contributed by atoms with Gasteiger partial charge in [-0.05, 0) is 44.0 Å². The smallest absolute Gasteiger partial charge is 0.382 e. The van der Waals surface area contributed by atoms with Crippen LogP contribution >= 0.6 is 0 Å². The number of aromatic nitrogens is 4. The molecule has 1 saturated carbocycles. The van der Waals surface area contributed by atoms with Crippen LogP contribution < -0.4 is 11.1 Å². The molecule has 1 aliphatic carbocycles. The van der Waals surface area contributed by atoms with Gasteiger partial charge < -0.3 is 20.7 Å². The number of benzene rings is 1. The van der Waals surface area contributed by atoms with Crippen LogP contribution in [0.15, 0.2) is 55.0 Å². The van der Waals surface area contributed by atoms with Gasteiger partial charge >= 0.3 is 6.18 Å². The predicted octanol–water partition coefficient (Wildman–Crippen LogP) is 4.73. The van der Waals surface area contributed by atoms with Crippen molar-refractivity contribution in [3.8, 4) is 11.3 Å². The standard InChI is InChI=1S/C29H28F3N7O3/c1-16-15-42-20(14-39(16)27(41)28(2)8-9-28)25-37-22(23-24(33)35-11-12-38(23)25)17-3-5-18(6-4-17)26(40)36-21-13-19(7-10-34-21)29(30,31)32/h3-7,10-13,16,20H,8-9,14-15H2,1-2H3,(H2,33,35)(H,34,36,40)/t16-,20+/m0/s1. The number of morpholine rings is 1. The first-order valence-corrected chi connectivity index (χ1v) is 13.4. The van der Waals surface area contributed by atoms with Crippen LogP contribution in [-0.2, 0) is 15.7 Å². The van der Waals surface area contributed by atoms with Crippen LogP contribution in [0.1, 0.15) is 54.5 Å². The Kier molecular flexibility index (Phi) is 6.64. The van der Waals surface area contributed by atoms with Crippen molar-refractivity contribution in [3.05, 3.63) is 71.9 Å². The van der Waals surface area contributed by atoms with Gasteiger partial charge in [0.2, 0.25) is 5.91 Å². The Morgan fingerprint density at radius 3 is 2.55 bits per heavy atom. The number of nitrogen functional groups attached to an aromatic ring is 1. The van der Waals surface area contributed by atoms with Gasteiger partial charge in [0.1, 0.15) is 34.8 Å². The number of fused-ring (bicyclic) bond motifs is 1. The second kappa shape index (κ2) is 10.1. The van der Waals surface area contributed by atoms with Crippen molar-refractivity contribution in [1.82, 2.24) is 24.3 Å². The van der Waals surface area contributed by atoms with Crippen LogP contribution in [0.3, 0.4) is 0 Å². The Balaban J connectivity index is 1.28. The molecule has 0 unspecified atom stereocenters. The van der Waals surface area contributed by atoms with Crippen molar-refractivity contribution in [2.45, 2.75) is 45.0 Å². The Morgan fingerprint density at radius 2 is 1.86 bits per heavy atom. The number of ether oxygens (including phenoxy) is 1. The number of imidazole rings is 1. The van der Waals surface area contributed by atoms with Gasteiger partial charge in [0.05, 0.1) is 24.8 Å². The summed E-state index contributed by atoms with van der Waals surface area (Å²) in [6.45, 7) is 4.67. The van der Waals surface area contributed by atoms with E-state index in [9.17, 15) is 22.8 Å². The molecule has 2 aliphatic rings. The Labute approximate surface area is 238 Å². The van der Waals surface area contributed by atoms with E-state index in [1.807, 2.05) is 18.7 Å². The maximum absolute atomic E-state index is 13.2. The van der Waals surface area contributed by atoms with E-state index < -0.39 is 23.8 Å². The molecule has 10 nitrogen and oxygen atoms in total. The maximum Gasteiger partial charge on any atom is 0.416 e. The van der Waals surface area contributed by atoms with Crippen molar-refractivity contribution >= 4 is 29.0 Å². The monoisotopic (exact) mass is 579 g/mol. The summed E-state index contributed by atoms with van der Waals surface area (Å²) in [5.41, 5.74) is 6.96. The fourth-order valence-electron chi connectivity index (χ4n) is 5.10. The van der Waals surface area contributed by atoms with Gasteiger partial charge in [-0.2, -0.15) is 13.2 Å². The average Bonchev–Trinajstić information content (AvgIpc) is 3.60. The number of carbonyl (C=O) groups is 2. The zero-order valence-corrected chi connectivity index (χ0v) is 22.9. The molecule has 0 radical (unpaired) electrons. The summed E-state index contributed by atoms with van der Waals surface area (Å²) in [5, 5.41) is 2.40. The van der Waals surface area contributed by atoms with E-state index in [1.54, 1.807) is 28.9 Å². The molecule has 1 aliphatic heterocycles. The topological polar surface area (TPSA) is 128 Å². The number of nitrogens with one attached hydrogen (secondary N) is 1. The van der Waals surface area contributed by atoms with Gasteiger partial charge in [-0.1, -0.05) is 19.1 Å². The Hall–Kier alpha value is -4.52. The molecule has 6 rings (SSSR count). The zero-order chi connectivity index (χ0) is 29.8. The van der Waals surface area contributed by atoms with Gasteiger partial charge in [0.15, 0.2) is 0 Å². The van der Waals surface area contributed by atoms with Crippen LogP contribution in [0, 0.1) is 5.41 Å². The predicted molar refractivity (Wildman–Crippen MR) is 147 cm³/mol. The molecular formula is C29H28F3N7O3. The number of rotatable bonds is 5. The molecule has 1 aromatic carbocycles. The minimum absolute atomic E-state index is 0.0616. The second-order valence-corrected chi connectivity index (χ2v) is 11.0. The summed E-state index contributed by atoms with van der Waals surface area (Å²) < 4.78 is 47.0. The number of anilines is 2. The lowest BCUT2D eigenvalue weighted by Gasteiger charge is -2.39. The summed E-state index contributed by atoms with van der Waals surface area (Å²) in [4.78, 5) is 40.7. The third kappa shape index (κ3) is 5.04. The molecule has 3 N–H and O–H groups in total. The highest BCUT2D eigenvalue weighted by Gasteiger charge is 2.49. The summed E-state index contributed by atoms with van der Waals surface area (Å²) >= 11 is 0. The van der Waals surface area contributed by atoms with Crippen molar-refractivity contribution in [2.24, 2.45) is 5.41 Å². The Morgan fingerprint density at radius 1 is 1.12 bits per heavy atom. The van der Waals surface area contributed by atoms with Crippen LogP contribution in [0.25, 0.3) is 16.8 Å². The number of alkyl halides is 3. The SMILES string of the molecule is C[C@H]1CO[C@@H](c2nc(-c3ccc(C(=O)Nc4cc(C(F)(F)F)ccn4)cc3)c3c(N)nccn23)CN1C(=O)C1(C)CC1. The van der Waals surface area contributed by atoms with Crippen molar-refractivity contribution in [2.75, 3.05) is 24.2 Å². The fraction of sp³-hybridized carbons (Fsp3) is 0.345. The minimum Gasteiger partial charge on any atom is -0.382 e. The number of nitrogens with two attached hydrogens (primary N) is 1. The van der Waals surface area contributed by atoms with Gasteiger partial charge in [-0.15, -0.1) is 0 Å². The highest BCUT2D eigenvalue weighted by Crippen LogP contribution is 2.47. The van der Waals surface area contributed by atoms with Crippen LogP contribution in [-0.4, -0.2) is 55.3 Å². The molecule has 42 heavy (non-hydrogen) atoms. The van der Waals surface area contributed by atoms with E-state index in [0.717, 1.165) is 31.2 Å². The quantitative estimate of drug-likeness (QED) is 0.350. The normalized spacial score (nSPS) is 20.0. The van der Waals surface area contributed by atoms with Gasteiger partial charge in [-0.3, -0.25) is 14.0 Å². The molecule has 13 heteroatoms. The number of hydrogen-bond donors (Lipinski definition) is 2. The zero-order valence-electron chi connectivity index (χ0n) is 22.9. The van der Waals surface area contributed by atoms with Crippen molar-refractivity contribution in [3.63, 3.8) is 0 Å². The molecule has 3 aromatic heterocycles. The van der Waals surface area contributed by atoms with Crippen LogP contribution in [0.5, 0.6) is 0 Å². The van der Waals surface area contributed by atoms with Crippen LogP contribution in [0.4, 0.5) is 24.8 Å².